The van der Waals surface area contributed by atoms with Gasteiger partial charge in [0, 0.05) is 17.8 Å². The smallest absolute Gasteiger partial charge is 0.271 e. The van der Waals surface area contributed by atoms with Crippen molar-refractivity contribution in [2.45, 2.75) is 19.3 Å². The number of carbonyl (C=O) groups excluding carboxylic acids is 3. The summed E-state index contributed by atoms with van der Waals surface area (Å²) in [6.45, 7) is -0.340. The molecular weight excluding hydrogens is 326 g/mol. The van der Waals surface area contributed by atoms with Crippen LogP contribution in [0.25, 0.3) is 0 Å². The minimum absolute atomic E-state index is 0.141. The van der Waals surface area contributed by atoms with E-state index in [1.165, 1.54) is 24.3 Å². The molecule has 1 aliphatic heterocycles. The van der Waals surface area contributed by atoms with Crippen LogP contribution >= 0.6 is 0 Å². The molecule has 8 nitrogen and oxygen atoms in total. The predicted octanol–water partition coefficient (Wildman–Crippen LogP) is 1.56. The van der Waals surface area contributed by atoms with Gasteiger partial charge in [-0.25, -0.2) is 0 Å². The first kappa shape index (κ1) is 15.7. The number of hydrogen-bond donors (Lipinski definition) is 1. The highest BCUT2D eigenvalue weighted by molar-refractivity contribution is 6.09. The molecule has 0 unspecified atom stereocenters. The molecule has 1 N–H and O–H groups in total. The van der Waals surface area contributed by atoms with Gasteiger partial charge in [-0.05, 0) is 37.2 Å². The van der Waals surface area contributed by atoms with Crippen LogP contribution in [-0.4, -0.2) is 34.1 Å². The molecule has 25 heavy (non-hydrogen) atoms. The largest absolute Gasteiger partial charge is 0.324 e. The van der Waals surface area contributed by atoms with E-state index >= 15 is 0 Å². The first-order chi connectivity index (χ1) is 12.0. The number of anilines is 1. The van der Waals surface area contributed by atoms with Gasteiger partial charge in [-0.2, -0.15) is 0 Å². The number of imide groups is 1. The fourth-order valence-electron chi connectivity index (χ4n) is 4.67. The van der Waals surface area contributed by atoms with E-state index in [9.17, 15) is 24.5 Å². The second-order valence-electron chi connectivity index (χ2n) is 7.00. The van der Waals surface area contributed by atoms with Gasteiger partial charge in [0.15, 0.2) is 0 Å². The van der Waals surface area contributed by atoms with E-state index in [0.717, 1.165) is 24.2 Å². The molecule has 3 amide bonds. The van der Waals surface area contributed by atoms with Crippen molar-refractivity contribution in [2.24, 2.45) is 23.7 Å². The molecule has 1 heterocycles. The normalized spacial score (nSPS) is 29.8. The molecule has 3 fully saturated rings. The van der Waals surface area contributed by atoms with Crippen molar-refractivity contribution in [1.82, 2.24) is 4.90 Å². The van der Waals surface area contributed by atoms with E-state index in [-0.39, 0.29) is 53.4 Å². The Morgan fingerprint density at radius 1 is 1.20 bits per heavy atom. The van der Waals surface area contributed by atoms with Crippen LogP contribution in [-0.2, 0) is 14.4 Å². The third-order valence-corrected chi connectivity index (χ3v) is 5.66. The number of non-ortho nitro benzene ring substituents is 1. The molecular formula is C17H17N3O5. The highest BCUT2D eigenvalue weighted by Gasteiger charge is 2.60. The van der Waals surface area contributed by atoms with Gasteiger partial charge < -0.3 is 5.32 Å². The summed E-state index contributed by atoms with van der Waals surface area (Å²) in [4.78, 5) is 48.6. The monoisotopic (exact) mass is 343 g/mol. The topological polar surface area (TPSA) is 110 Å². The molecule has 4 atom stereocenters. The number of amides is 3. The van der Waals surface area contributed by atoms with E-state index in [1.54, 1.807) is 0 Å². The van der Waals surface area contributed by atoms with Crippen molar-refractivity contribution in [1.29, 1.82) is 0 Å². The number of rotatable bonds is 4. The summed E-state index contributed by atoms with van der Waals surface area (Å²) < 4.78 is 0. The van der Waals surface area contributed by atoms with Crippen molar-refractivity contribution in [3.63, 3.8) is 0 Å². The number of likely N-dealkylation sites (tertiary alicyclic amines) is 1. The van der Waals surface area contributed by atoms with Gasteiger partial charge in [0.1, 0.15) is 6.54 Å². The van der Waals surface area contributed by atoms with E-state index in [0.29, 0.717) is 0 Å². The summed E-state index contributed by atoms with van der Waals surface area (Å²) in [7, 11) is 0. The SMILES string of the molecule is O=C(CN1C(=O)[C@H]2[C@@H]3CC[C@@H](C3)[C@@H]2C1=O)Nc1cccc([N+](=O)[O-])c1. The fraction of sp³-hybridized carbons (Fsp3) is 0.471. The standard InChI is InChI=1S/C17H17N3O5/c21-13(18-11-2-1-3-12(7-11)20(24)25)8-19-16(22)14-9-4-5-10(6-9)15(14)17(19)23/h1-3,7,9-10,14-15H,4-6,8H2,(H,18,21)/t9-,10+,14-,15-/m0/s1. The second kappa shape index (κ2) is 5.65. The van der Waals surface area contributed by atoms with Gasteiger partial charge in [-0.3, -0.25) is 29.4 Å². The van der Waals surface area contributed by atoms with Crippen LogP contribution < -0.4 is 5.32 Å². The van der Waals surface area contributed by atoms with Crippen molar-refractivity contribution in [3.05, 3.63) is 34.4 Å². The van der Waals surface area contributed by atoms with Crippen LogP contribution in [0.15, 0.2) is 24.3 Å². The Labute approximate surface area is 143 Å². The van der Waals surface area contributed by atoms with E-state index in [2.05, 4.69) is 5.32 Å². The highest BCUT2D eigenvalue weighted by Crippen LogP contribution is 2.56. The van der Waals surface area contributed by atoms with Gasteiger partial charge >= 0.3 is 0 Å². The molecule has 4 rings (SSSR count). The Hall–Kier alpha value is -2.77. The van der Waals surface area contributed by atoms with Crippen molar-refractivity contribution < 1.29 is 19.3 Å². The summed E-state index contributed by atoms with van der Waals surface area (Å²) in [5.74, 6) is -0.969. The predicted molar refractivity (Wildman–Crippen MR) is 86.3 cm³/mol. The summed E-state index contributed by atoms with van der Waals surface area (Å²) in [6, 6.07) is 5.54. The molecule has 8 heteroatoms. The zero-order valence-corrected chi connectivity index (χ0v) is 13.4. The van der Waals surface area contributed by atoms with E-state index < -0.39 is 10.8 Å². The molecule has 2 bridgehead atoms. The number of benzene rings is 1. The van der Waals surface area contributed by atoms with Gasteiger partial charge in [-0.15, -0.1) is 0 Å². The Morgan fingerprint density at radius 3 is 2.44 bits per heavy atom. The Bertz CT molecular complexity index is 764. The molecule has 1 aromatic carbocycles. The molecule has 130 valence electrons. The Morgan fingerprint density at radius 2 is 1.84 bits per heavy atom. The Balaban J connectivity index is 1.45. The first-order valence-corrected chi connectivity index (χ1v) is 8.35. The molecule has 2 aliphatic carbocycles. The van der Waals surface area contributed by atoms with Crippen LogP contribution in [0.4, 0.5) is 11.4 Å². The molecule has 1 saturated heterocycles. The van der Waals surface area contributed by atoms with Crippen LogP contribution in [0.2, 0.25) is 0 Å². The highest BCUT2D eigenvalue weighted by atomic mass is 16.6. The van der Waals surface area contributed by atoms with Gasteiger partial charge in [-0.1, -0.05) is 6.07 Å². The summed E-state index contributed by atoms with van der Waals surface area (Å²) >= 11 is 0. The molecule has 0 spiro atoms. The molecule has 1 aromatic rings. The van der Waals surface area contributed by atoms with Crippen LogP contribution in [0.5, 0.6) is 0 Å². The lowest BCUT2D eigenvalue weighted by Gasteiger charge is -2.19. The molecule has 0 aromatic heterocycles. The lowest BCUT2D eigenvalue weighted by Crippen LogP contribution is -2.39. The molecule has 0 radical (unpaired) electrons. The lowest BCUT2D eigenvalue weighted by atomic mass is 9.81. The Kier molecular flexibility index (Phi) is 3.55. The van der Waals surface area contributed by atoms with Gasteiger partial charge in [0.2, 0.25) is 17.7 Å². The third kappa shape index (κ3) is 2.48. The lowest BCUT2D eigenvalue weighted by molar-refractivity contribution is -0.384. The number of nitrogens with zero attached hydrogens (tertiary/aromatic N) is 2. The minimum Gasteiger partial charge on any atom is -0.324 e. The quantitative estimate of drug-likeness (QED) is 0.507. The van der Waals surface area contributed by atoms with E-state index in [1.807, 2.05) is 0 Å². The number of hydrogen-bond acceptors (Lipinski definition) is 5. The van der Waals surface area contributed by atoms with Crippen molar-refractivity contribution in [2.75, 3.05) is 11.9 Å². The fourth-order valence-corrected chi connectivity index (χ4v) is 4.67. The van der Waals surface area contributed by atoms with Crippen LogP contribution in [0.3, 0.4) is 0 Å². The molecule has 3 aliphatic rings. The number of nitro groups is 1. The minimum atomic E-state index is -0.555. The maximum atomic E-state index is 12.6. The van der Waals surface area contributed by atoms with Crippen molar-refractivity contribution >= 4 is 29.1 Å². The van der Waals surface area contributed by atoms with Crippen LogP contribution in [0, 0.1) is 33.8 Å². The van der Waals surface area contributed by atoms with Crippen LogP contribution in [0.1, 0.15) is 19.3 Å². The number of nitrogens with one attached hydrogen (secondary N) is 1. The van der Waals surface area contributed by atoms with Gasteiger partial charge in [0.05, 0.1) is 16.8 Å². The van der Waals surface area contributed by atoms with E-state index in [4.69, 9.17) is 0 Å². The number of fused-ring (bicyclic) bond motifs is 5. The third-order valence-electron chi connectivity index (χ3n) is 5.66. The first-order valence-electron chi connectivity index (χ1n) is 8.35. The van der Waals surface area contributed by atoms with Gasteiger partial charge in [0.25, 0.3) is 5.69 Å². The summed E-state index contributed by atoms with van der Waals surface area (Å²) in [5.41, 5.74) is 0.121. The zero-order chi connectivity index (χ0) is 17.7. The average Bonchev–Trinajstić information content (AvgIpc) is 3.25. The maximum Gasteiger partial charge on any atom is 0.271 e. The average molecular weight is 343 g/mol. The molecule has 2 saturated carbocycles. The maximum absolute atomic E-state index is 12.6. The number of nitro benzene ring substituents is 1. The number of carbonyl (C=O) groups is 3. The summed E-state index contributed by atoms with van der Waals surface area (Å²) in [5, 5.41) is 13.3. The second-order valence-corrected chi connectivity index (χ2v) is 7.00. The summed E-state index contributed by atoms with van der Waals surface area (Å²) in [6.07, 6.45) is 2.91. The van der Waals surface area contributed by atoms with Crippen molar-refractivity contribution in [3.8, 4) is 0 Å². The zero-order valence-electron chi connectivity index (χ0n) is 13.4.